The molecular formula is C29H24F2N6O4. The molecule has 4 heterocycles. The van der Waals surface area contributed by atoms with Crippen LogP contribution < -0.4 is 20.3 Å². The molecule has 3 aromatic heterocycles. The number of benzene rings is 2. The maximum atomic E-state index is 15.2. The van der Waals surface area contributed by atoms with Gasteiger partial charge < -0.3 is 14.8 Å². The molecule has 6 rings (SSSR count). The molecule has 0 unspecified atom stereocenters. The fourth-order valence-electron chi connectivity index (χ4n) is 4.66. The van der Waals surface area contributed by atoms with Crippen molar-refractivity contribution < 1.29 is 23.0 Å². The van der Waals surface area contributed by atoms with Crippen LogP contribution in [0.4, 0.5) is 8.78 Å². The first-order valence-corrected chi connectivity index (χ1v) is 13.0. The Morgan fingerprint density at radius 2 is 1.80 bits per heavy atom. The first-order valence-electron chi connectivity index (χ1n) is 13.0. The highest BCUT2D eigenvalue weighted by molar-refractivity contribution is 5.97. The molecule has 2 N–H and O–H groups in total. The minimum atomic E-state index is -0.692. The topological polar surface area (TPSA) is 124 Å². The molecule has 1 fully saturated rings. The predicted octanol–water partition coefficient (Wildman–Crippen LogP) is 4.13. The second-order valence-corrected chi connectivity index (χ2v) is 9.53. The highest BCUT2D eigenvalue weighted by atomic mass is 19.1. The summed E-state index contributed by atoms with van der Waals surface area (Å²) in [7, 11) is 0. The van der Waals surface area contributed by atoms with Gasteiger partial charge in [-0.2, -0.15) is 9.78 Å². The van der Waals surface area contributed by atoms with Gasteiger partial charge in [-0.05, 0) is 74.0 Å². The molecule has 1 saturated heterocycles. The van der Waals surface area contributed by atoms with Crippen molar-refractivity contribution in [2.24, 2.45) is 0 Å². The lowest BCUT2D eigenvalue weighted by atomic mass is 10.0. The molecule has 0 radical (unpaired) electrons. The summed E-state index contributed by atoms with van der Waals surface area (Å²) >= 11 is 0. The summed E-state index contributed by atoms with van der Waals surface area (Å²) in [5.74, 6) is -1.09. The van der Waals surface area contributed by atoms with Crippen molar-refractivity contribution in [3.63, 3.8) is 0 Å². The Morgan fingerprint density at radius 3 is 2.59 bits per heavy atom. The molecule has 12 heteroatoms. The number of carbonyl (C=O) groups excluding carboxylic acids is 1. The van der Waals surface area contributed by atoms with Crippen molar-refractivity contribution in [1.29, 1.82) is 0 Å². The zero-order valence-corrected chi connectivity index (χ0v) is 21.6. The number of fused-ring (bicyclic) bond motifs is 1. The molecular weight excluding hydrogens is 534 g/mol. The smallest absolute Gasteiger partial charge is 0.282 e. The molecule has 5 aromatic rings. The van der Waals surface area contributed by atoms with Crippen molar-refractivity contribution >= 4 is 16.8 Å². The van der Waals surface area contributed by atoms with E-state index in [1.807, 2.05) is 0 Å². The predicted molar refractivity (Wildman–Crippen MR) is 145 cm³/mol. The van der Waals surface area contributed by atoms with E-state index in [1.165, 1.54) is 54.9 Å². The molecule has 1 aliphatic heterocycles. The van der Waals surface area contributed by atoms with Gasteiger partial charge in [-0.3, -0.25) is 14.7 Å². The van der Waals surface area contributed by atoms with Gasteiger partial charge in [-0.15, -0.1) is 5.10 Å². The summed E-state index contributed by atoms with van der Waals surface area (Å²) in [5.41, 5.74) is 0.324. The Kier molecular flexibility index (Phi) is 7.21. The van der Waals surface area contributed by atoms with Crippen molar-refractivity contribution in [2.75, 3.05) is 13.1 Å². The summed E-state index contributed by atoms with van der Waals surface area (Å²) in [5, 5.41) is 14.8. The Bertz CT molecular complexity index is 1780. The zero-order chi connectivity index (χ0) is 28.3. The summed E-state index contributed by atoms with van der Waals surface area (Å²) in [4.78, 5) is 30.2. The van der Waals surface area contributed by atoms with Gasteiger partial charge in [-0.1, -0.05) is 6.07 Å². The van der Waals surface area contributed by atoms with Crippen LogP contribution in [0.1, 0.15) is 28.8 Å². The van der Waals surface area contributed by atoms with Crippen molar-refractivity contribution in [2.45, 2.75) is 25.4 Å². The molecule has 2 aromatic carbocycles. The SMILES string of the molecule is O=C(Cc1ccc(Oc2ccnc3[nH]nc(OC4CCNCC4)c23)c(F)c1)c1ccnn(-c2ccc(F)cc2)c1=O. The van der Waals surface area contributed by atoms with Crippen LogP contribution in [-0.2, 0) is 6.42 Å². The summed E-state index contributed by atoms with van der Waals surface area (Å²) in [6, 6.07) is 12.2. The lowest BCUT2D eigenvalue weighted by molar-refractivity contribution is 0.0990. The van der Waals surface area contributed by atoms with Crippen LogP contribution in [0.5, 0.6) is 17.4 Å². The number of H-pyrrole nitrogens is 1. The largest absolute Gasteiger partial charge is 0.473 e. The molecule has 41 heavy (non-hydrogen) atoms. The lowest BCUT2D eigenvalue weighted by Crippen LogP contribution is -2.34. The number of halogens is 2. The van der Waals surface area contributed by atoms with Crippen LogP contribution in [0.15, 0.2) is 71.8 Å². The number of hydrogen-bond acceptors (Lipinski definition) is 8. The average molecular weight is 559 g/mol. The van der Waals surface area contributed by atoms with E-state index in [0.29, 0.717) is 33.9 Å². The van der Waals surface area contributed by atoms with Crippen molar-refractivity contribution in [1.82, 2.24) is 30.3 Å². The first kappa shape index (κ1) is 26.3. The van der Waals surface area contributed by atoms with Crippen LogP contribution in [0, 0.1) is 11.6 Å². The number of ether oxygens (including phenoxy) is 2. The highest BCUT2D eigenvalue weighted by Gasteiger charge is 2.21. The maximum Gasteiger partial charge on any atom is 0.282 e. The van der Waals surface area contributed by atoms with Gasteiger partial charge in [0, 0.05) is 24.9 Å². The molecule has 0 saturated carbocycles. The Labute approximate surface area is 231 Å². The number of hydrogen-bond donors (Lipinski definition) is 2. The second kappa shape index (κ2) is 11.3. The monoisotopic (exact) mass is 558 g/mol. The number of aromatic nitrogens is 5. The third kappa shape index (κ3) is 5.54. The number of ketones is 1. The third-order valence-corrected chi connectivity index (χ3v) is 6.75. The first-order chi connectivity index (χ1) is 20.0. The van der Waals surface area contributed by atoms with E-state index in [2.05, 4.69) is 25.6 Å². The Hall–Kier alpha value is -4.97. The van der Waals surface area contributed by atoms with Gasteiger partial charge in [-0.25, -0.2) is 13.8 Å². The van der Waals surface area contributed by atoms with E-state index in [0.717, 1.165) is 30.6 Å². The summed E-state index contributed by atoms with van der Waals surface area (Å²) < 4.78 is 41.5. The molecule has 1 aliphatic rings. The molecule has 0 bridgehead atoms. The molecule has 208 valence electrons. The van der Waals surface area contributed by atoms with Gasteiger partial charge in [0.1, 0.15) is 23.1 Å². The number of nitrogens with one attached hydrogen (secondary N) is 2. The fourth-order valence-corrected chi connectivity index (χ4v) is 4.66. The van der Waals surface area contributed by atoms with Crippen LogP contribution in [0.3, 0.4) is 0 Å². The standard InChI is InChI=1S/C29H24F2N6O4/c30-18-2-4-19(5-3-18)37-29(39)21(9-14-34-37)23(38)16-17-1-6-24(22(31)15-17)41-25-10-13-33-27-26(25)28(36-35-27)40-20-7-11-32-12-8-20/h1-6,9-10,13-15,20,32H,7-8,11-12,16H2,(H,33,35,36). The summed E-state index contributed by atoms with van der Waals surface area (Å²) in [6.07, 6.45) is 4.25. The molecule has 0 aliphatic carbocycles. The average Bonchev–Trinajstić information content (AvgIpc) is 3.39. The van der Waals surface area contributed by atoms with Gasteiger partial charge in [0.15, 0.2) is 23.0 Å². The van der Waals surface area contributed by atoms with E-state index in [4.69, 9.17) is 9.47 Å². The number of pyridine rings is 1. The number of rotatable bonds is 8. The highest BCUT2D eigenvalue weighted by Crippen LogP contribution is 2.36. The minimum Gasteiger partial charge on any atom is -0.473 e. The number of aromatic amines is 1. The van der Waals surface area contributed by atoms with Gasteiger partial charge in [0.25, 0.3) is 5.56 Å². The van der Waals surface area contributed by atoms with E-state index < -0.39 is 23.0 Å². The second-order valence-electron chi connectivity index (χ2n) is 9.53. The van der Waals surface area contributed by atoms with Crippen LogP contribution in [0.25, 0.3) is 16.7 Å². The minimum absolute atomic E-state index is 0.00966. The lowest BCUT2D eigenvalue weighted by Gasteiger charge is -2.22. The number of nitrogens with zero attached hydrogens (tertiary/aromatic N) is 4. The number of piperidine rings is 1. The van der Waals surface area contributed by atoms with E-state index in [-0.39, 0.29) is 23.8 Å². The van der Waals surface area contributed by atoms with Crippen molar-refractivity contribution in [3.05, 3.63) is 100 Å². The van der Waals surface area contributed by atoms with Crippen molar-refractivity contribution in [3.8, 4) is 23.1 Å². The molecule has 0 amide bonds. The van der Waals surface area contributed by atoms with Gasteiger partial charge >= 0.3 is 0 Å². The van der Waals surface area contributed by atoms with Crippen LogP contribution in [0.2, 0.25) is 0 Å². The Morgan fingerprint density at radius 1 is 1.00 bits per heavy atom. The molecule has 0 atom stereocenters. The Balaban J connectivity index is 1.20. The van der Waals surface area contributed by atoms with E-state index >= 15 is 4.39 Å². The van der Waals surface area contributed by atoms with Crippen LogP contribution in [-0.4, -0.2) is 49.9 Å². The molecule has 0 spiro atoms. The maximum absolute atomic E-state index is 15.2. The van der Waals surface area contributed by atoms with E-state index in [9.17, 15) is 14.0 Å². The van der Waals surface area contributed by atoms with Gasteiger partial charge in [0.05, 0.1) is 11.3 Å². The fraction of sp³-hybridized carbons (Fsp3) is 0.207. The van der Waals surface area contributed by atoms with E-state index in [1.54, 1.807) is 12.1 Å². The normalized spacial score (nSPS) is 13.8. The third-order valence-electron chi connectivity index (χ3n) is 6.75. The van der Waals surface area contributed by atoms with Gasteiger partial charge in [0.2, 0.25) is 5.88 Å². The number of Topliss-reactive ketones (excluding diaryl/α,β-unsaturated/α-hetero) is 1. The van der Waals surface area contributed by atoms with Crippen LogP contribution >= 0.6 is 0 Å². The zero-order valence-electron chi connectivity index (χ0n) is 21.6. The summed E-state index contributed by atoms with van der Waals surface area (Å²) in [6.45, 7) is 1.69. The number of carbonyl (C=O) groups is 1. The quantitative estimate of drug-likeness (QED) is 0.273. The molecule has 10 nitrogen and oxygen atoms in total.